The second kappa shape index (κ2) is 8.75. The van der Waals surface area contributed by atoms with Crippen molar-refractivity contribution in [2.75, 3.05) is 5.32 Å². The van der Waals surface area contributed by atoms with Crippen molar-refractivity contribution in [3.63, 3.8) is 0 Å². The van der Waals surface area contributed by atoms with Gasteiger partial charge in [0.05, 0.1) is 35.9 Å². The number of anilines is 1. The molecular weight excluding hydrogens is 392 g/mol. The summed E-state index contributed by atoms with van der Waals surface area (Å²) in [6, 6.07) is 16.8. The summed E-state index contributed by atoms with van der Waals surface area (Å²) in [6.45, 7) is 0.408. The molecular formula is C22H16N8O. The van der Waals surface area contributed by atoms with Crippen molar-refractivity contribution in [2.45, 2.75) is 6.54 Å². The van der Waals surface area contributed by atoms with Crippen LogP contribution in [0.25, 0.3) is 22.6 Å². The lowest BCUT2D eigenvalue weighted by Gasteiger charge is -2.10. The smallest absolute Gasteiger partial charge is 0.216 e. The SMILES string of the molecule is N#Cc1cccc(-c2cnc(N=N)c(NCc3cccc(-c4ncc(O)cn4)c3)n2)c1. The summed E-state index contributed by atoms with van der Waals surface area (Å²) in [5.41, 5.74) is 11.0. The van der Waals surface area contributed by atoms with Crippen molar-refractivity contribution in [2.24, 2.45) is 5.11 Å². The van der Waals surface area contributed by atoms with Gasteiger partial charge in [0.25, 0.3) is 0 Å². The second-order valence-corrected chi connectivity index (χ2v) is 6.55. The van der Waals surface area contributed by atoms with Gasteiger partial charge in [-0.05, 0) is 23.8 Å². The van der Waals surface area contributed by atoms with E-state index in [9.17, 15) is 5.11 Å². The molecule has 150 valence electrons. The molecule has 9 heteroatoms. The van der Waals surface area contributed by atoms with Gasteiger partial charge in [0, 0.05) is 17.7 Å². The Hall–Kier alpha value is -4.71. The van der Waals surface area contributed by atoms with E-state index in [0.29, 0.717) is 29.4 Å². The molecule has 0 saturated heterocycles. The van der Waals surface area contributed by atoms with Crippen molar-refractivity contribution >= 4 is 11.6 Å². The minimum Gasteiger partial charge on any atom is -0.505 e. The highest BCUT2D eigenvalue weighted by Crippen LogP contribution is 2.26. The summed E-state index contributed by atoms with van der Waals surface area (Å²) < 4.78 is 0. The van der Waals surface area contributed by atoms with E-state index in [2.05, 4.69) is 36.4 Å². The number of aromatic hydroxyl groups is 1. The van der Waals surface area contributed by atoms with Crippen molar-refractivity contribution in [3.8, 4) is 34.5 Å². The Labute approximate surface area is 177 Å². The molecule has 2 aromatic heterocycles. The molecule has 0 radical (unpaired) electrons. The van der Waals surface area contributed by atoms with E-state index in [-0.39, 0.29) is 11.6 Å². The van der Waals surface area contributed by atoms with Gasteiger partial charge >= 0.3 is 0 Å². The van der Waals surface area contributed by atoms with Gasteiger partial charge in [0.1, 0.15) is 0 Å². The molecule has 0 bridgehead atoms. The number of nitrogens with one attached hydrogen (secondary N) is 2. The summed E-state index contributed by atoms with van der Waals surface area (Å²) >= 11 is 0. The number of aromatic nitrogens is 4. The molecule has 0 unspecified atom stereocenters. The summed E-state index contributed by atoms with van der Waals surface area (Å²) in [4.78, 5) is 17.0. The van der Waals surface area contributed by atoms with Gasteiger partial charge in [-0.2, -0.15) is 5.26 Å². The van der Waals surface area contributed by atoms with E-state index in [4.69, 9.17) is 10.8 Å². The van der Waals surface area contributed by atoms with Crippen LogP contribution >= 0.6 is 0 Å². The van der Waals surface area contributed by atoms with Gasteiger partial charge in [-0.1, -0.05) is 30.3 Å². The fraction of sp³-hybridized carbons (Fsp3) is 0.0455. The maximum absolute atomic E-state index is 9.36. The minimum absolute atomic E-state index is 0.00649. The van der Waals surface area contributed by atoms with E-state index in [1.165, 1.54) is 18.6 Å². The fourth-order valence-corrected chi connectivity index (χ4v) is 2.95. The molecule has 4 aromatic rings. The molecule has 0 atom stereocenters. The van der Waals surface area contributed by atoms with Crippen molar-refractivity contribution < 1.29 is 5.11 Å². The van der Waals surface area contributed by atoms with Crippen LogP contribution in [-0.2, 0) is 6.54 Å². The lowest BCUT2D eigenvalue weighted by atomic mass is 10.1. The largest absolute Gasteiger partial charge is 0.505 e. The number of rotatable bonds is 6. The molecule has 0 aliphatic carbocycles. The third-order valence-electron chi connectivity index (χ3n) is 4.43. The highest BCUT2D eigenvalue weighted by atomic mass is 16.3. The van der Waals surface area contributed by atoms with Crippen LogP contribution in [0.2, 0.25) is 0 Å². The summed E-state index contributed by atoms with van der Waals surface area (Å²) in [7, 11) is 0. The van der Waals surface area contributed by atoms with E-state index in [1.807, 2.05) is 30.3 Å². The molecule has 0 fully saturated rings. The van der Waals surface area contributed by atoms with Crippen LogP contribution < -0.4 is 5.32 Å². The first kappa shape index (κ1) is 19.6. The van der Waals surface area contributed by atoms with E-state index in [0.717, 1.165) is 16.7 Å². The minimum atomic E-state index is 0.00649. The maximum Gasteiger partial charge on any atom is 0.216 e. The second-order valence-electron chi connectivity index (χ2n) is 6.55. The number of benzene rings is 2. The highest BCUT2D eigenvalue weighted by molar-refractivity contribution is 5.66. The molecule has 31 heavy (non-hydrogen) atoms. The fourth-order valence-electron chi connectivity index (χ4n) is 2.95. The zero-order valence-corrected chi connectivity index (χ0v) is 16.2. The van der Waals surface area contributed by atoms with Crippen LogP contribution in [0.1, 0.15) is 11.1 Å². The molecule has 0 amide bonds. The molecule has 4 rings (SSSR count). The summed E-state index contributed by atoms with van der Waals surface area (Å²) in [5.74, 6) is 1.03. The van der Waals surface area contributed by atoms with Gasteiger partial charge in [-0.15, -0.1) is 5.11 Å². The molecule has 2 aromatic carbocycles. The van der Waals surface area contributed by atoms with Gasteiger partial charge in [0.2, 0.25) is 5.82 Å². The van der Waals surface area contributed by atoms with E-state index < -0.39 is 0 Å². The van der Waals surface area contributed by atoms with Crippen LogP contribution in [0.3, 0.4) is 0 Å². The molecule has 0 spiro atoms. The molecule has 0 aliphatic heterocycles. The average Bonchev–Trinajstić information content (AvgIpc) is 2.83. The Morgan fingerprint density at radius 1 is 1.00 bits per heavy atom. The Bertz CT molecular complexity index is 1280. The first-order valence-electron chi connectivity index (χ1n) is 9.25. The summed E-state index contributed by atoms with van der Waals surface area (Å²) in [6.07, 6.45) is 4.22. The average molecular weight is 408 g/mol. The predicted octanol–water partition coefficient (Wildman–Crippen LogP) is 4.45. The Morgan fingerprint density at radius 2 is 1.77 bits per heavy atom. The van der Waals surface area contributed by atoms with E-state index in [1.54, 1.807) is 18.2 Å². The van der Waals surface area contributed by atoms with Crippen LogP contribution in [0.5, 0.6) is 5.75 Å². The molecule has 9 nitrogen and oxygen atoms in total. The Morgan fingerprint density at radius 3 is 2.55 bits per heavy atom. The number of nitriles is 1. The van der Waals surface area contributed by atoms with Gasteiger partial charge in [0.15, 0.2) is 17.4 Å². The standard InChI is InChI=1S/C22H16N8O/c23-9-14-3-1-5-16(7-14)19-13-28-22(30-24)21(29-19)25-10-15-4-2-6-17(8-15)20-26-11-18(31)12-27-20/h1-8,11-13,24,31H,10H2,(H,25,29). The van der Waals surface area contributed by atoms with E-state index >= 15 is 0 Å². The van der Waals surface area contributed by atoms with Crippen molar-refractivity contribution in [1.29, 1.82) is 10.8 Å². The monoisotopic (exact) mass is 408 g/mol. The number of nitrogens with zero attached hydrogens (tertiary/aromatic N) is 6. The topological polar surface area (TPSA) is 144 Å². The zero-order valence-electron chi connectivity index (χ0n) is 16.2. The molecule has 3 N–H and O–H groups in total. The van der Waals surface area contributed by atoms with Crippen molar-refractivity contribution in [3.05, 3.63) is 78.2 Å². The van der Waals surface area contributed by atoms with Crippen LogP contribution in [0, 0.1) is 16.9 Å². The van der Waals surface area contributed by atoms with Crippen LogP contribution in [0.15, 0.2) is 72.2 Å². The normalized spacial score (nSPS) is 10.3. The van der Waals surface area contributed by atoms with Gasteiger partial charge in [-0.25, -0.2) is 25.5 Å². The highest BCUT2D eigenvalue weighted by Gasteiger charge is 2.10. The van der Waals surface area contributed by atoms with Crippen LogP contribution in [0.4, 0.5) is 11.6 Å². The van der Waals surface area contributed by atoms with Gasteiger partial charge in [-0.3, -0.25) is 0 Å². The third kappa shape index (κ3) is 4.49. The van der Waals surface area contributed by atoms with Crippen LogP contribution in [-0.4, -0.2) is 25.0 Å². The third-order valence-corrected chi connectivity index (χ3v) is 4.43. The quantitative estimate of drug-likeness (QED) is 0.400. The Balaban J connectivity index is 1.58. The predicted molar refractivity (Wildman–Crippen MR) is 113 cm³/mol. The zero-order chi connectivity index (χ0) is 21.6. The first-order chi connectivity index (χ1) is 15.2. The number of hydrogen-bond donors (Lipinski definition) is 3. The maximum atomic E-state index is 9.36. The molecule has 0 saturated carbocycles. The number of hydrogen-bond acceptors (Lipinski definition) is 9. The lowest BCUT2D eigenvalue weighted by Crippen LogP contribution is -2.04. The first-order valence-corrected chi connectivity index (χ1v) is 9.25. The Kier molecular flexibility index (Phi) is 5.53. The molecule has 0 aliphatic rings. The summed E-state index contributed by atoms with van der Waals surface area (Å²) in [5, 5.41) is 25.1. The van der Waals surface area contributed by atoms with Crippen molar-refractivity contribution in [1.82, 2.24) is 19.9 Å². The lowest BCUT2D eigenvalue weighted by molar-refractivity contribution is 0.470. The van der Waals surface area contributed by atoms with Gasteiger partial charge < -0.3 is 10.4 Å². The molecule has 2 heterocycles.